The zero-order chi connectivity index (χ0) is 4.24. The lowest BCUT2D eigenvalue weighted by Gasteiger charge is -1.91. The van der Waals surface area contributed by atoms with Crippen molar-refractivity contribution < 1.29 is 0 Å². The molecule has 0 saturated heterocycles. The Bertz CT molecular complexity index is 72.0. The number of allylic oxidation sites excluding steroid dienone is 1. The molecule has 0 bridgehead atoms. The van der Waals surface area contributed by atoms with E-state index in [1.165, 1.54) is 0 Å². The van der Waals surface area contributed by atoms with E-state index in [-0.39, 0.29) is 0 Å². The van der Waals surface area contributed by atoms with Crippen molar-refractivity contribution in [1.82, 2.24) is 11.0 Å². The smallest absolute Gasteiger partial charge is 0.0846 e. The van der Waals surface area contributed by atoms with Gasteiger partial charge >= 0.3 is 0 Å². The van der Waals surface area contributed by atoms with E-state index in [1.807, 2.05) is 0 Å². The van der Waals surface area contributed by atoms with E-state index in [1.54, 1.807) is 12.3 Å². The van der Waals surface area contributed by atoms with Crippen molar-refractivity contribution in [2.45, 2.75) is 0 Å². The average molecular weight is 81.1 g/mol. The minimum absolute atomic E-state index is 1.55. The molecule has 1 heterocycles. The number of rotatable bonds is 0. The topological polar surface area (TPSA) is 38.5 Å². The monoisotopic (exact) mass is 81.0 g/mol. The number of nitrogens with one attached hydrogen (secondary N) is 1. The second-order valence-corrected chi connectivity index (χ2v) is 0.787. The lowest BCUT2D eigenvalue weighted by molar-refractivity contribution is 0.632. The predicted octanol–water partition coefficient (Wildman–Crippen LogP) is -0.588. The molecule has 0 fully saturated rings. The van der Waals surface area contributed by atoms with Gasteiger partial charge in [0.25, 0.3) is 0 Å². The van der Waals surface area contributed by atoms with Crippen LogP contribution in [0.2, 0.25) is 0 Å². The van der Waals surface area contributed by atoms with E-state index in [4.69, 9.17) is 0 Å². The fourth-order valence-corrected chi connectivity index (χ4v) is 0.199. The minimum atomic E-state index is 1.55. The van der Waals surface area contributed by atoms with Crippen LogP contribution in [0.5, 0.6) is 0 Å². The van der Waals surface area contributed by atoms with Gasteiger partial charge in [0.05, 0.1) is 12.4 Å². The standard InChI is InChI=1S/C3H3N3/c1-2-4-6-5-3-1/h1-2,5H. The van der Waals surface area contributed by atoms with E-state index < -0.39 is 0 Å². The Kier molecular flexibility index (Phi) is 0.774. The fourth-order valence-electron chi connectivity index (χ4n) is 0.199. The molecule has 0 aromatic rings. The van der Waals surface area contributed by atoms with E-state index in [0.717, 1.165) is 0 Å². The van der Waals surface area contributed by atoms with Crippen molar-refractivity contribution in [3.8, 4) is 0 Å². The Balaban J connectivity index is 2.46. The first-order valence-corrected chi connectivity index (χ1v) is 1.55. The quantitative estimate of drug-likeness (QED) is 0.416. The van der Waals surface area contributed by atoms with Crippen LogP contribution < -0.4 is 11.0 Å². The largest absolute Gasteiger partial charge is 0.258 e. The van der Waals surface area contributed by atoms with Gasteiger partial charge in [-0.25, -0.2) is 0 Å². The van der Waals surface area contributed by atoms with E-state index >= 15 is 0 Å². The summed E-state index contributed by atoms with van der Waals surface area (Å²) in [5, 5.41) is 3.45. The molecule has 0 atom stereocenters. The summed E-state index contributed by atoms with van der Waals surface area (Å²) in [6, 6.07) is 0. The van der Waals surface area contributed by atoms with E-state index in [0.29, 0.717) is 0 Å². The normalized spacial score (nSPS) is 16.0. The molecule has 1 rings (SSSR count). The molecule has 3 heteroatoms. The summed E-state index contributed by atoms with van der Waals surface area (Å²) in [7, 11) is 0. The van der Waals surface area contributed by atoms with Crippen molar-refractivity contribution in [2.24, 2.45) is 5.10 Å². The second kappa shape index (κ2) is 1.45. The summed E-state index contributed by atoms with van der Waals surface area (Å²) in [5.74, 6) is 0. The molecule has 30 valence electrons. The van der Waals surface area contributed by atoms with Crippen molar-refractivity contribution in [3.63, 3.8) is 0 Å². The van der Waals surface area contributed by atoms with Crippen molar-refractivity contribution >= 4 is 6.21 Å². The summed E-state index contributed by atoms with van der Waals surface area (Å²) < 4.78 is 0. The van der Waals surface area contributed by atoms with Gasteiger partial charge in [-0.05, 0) is 6.08 Å². The van der Waals surface area contributed by atoms with Gasteiger partial charge in [0.2, 0.25) is 0 Å². The molecule has 3 nitrogen and oxygen atoms in total. The molecule has 1 aliphatic rings. The lowest BCUT2D eigenvalue weighted by atomic mass is 10.7. The summed E-state index contributed by atoms with van der Waals surface area (Å²) in [4.78, 5) is 0. The van der Waals surface area contributed by atoms with Crippen LogP contribution in [0.1, 0.15) is 0 Å². The van der Waals surface area contributed by atoms with Gasteiger partial charge in [0.1, 0.15) is 0 Å². The van der Waals surface area contributed by atoms with E-state index in [2.05, 4.69) is 22.3 Å². The van der Waals surface area contributed by atoms with Crippen molar-refractivity contribution in [3.05, 3.63) is 12.3 Å². The first-order chi connectivity index (χ1) is 3.00. The maximum Gasteiger partial charge on any atom is 0.0846 e. The zero-order valence-electron chi connectivity index (χ0n) is 3.05. The van der Waals surface area contributed by atoms with Gasteiger partial charge < -0.3 is 0 Å². The first-order valence-electron chi connectivity index (χ1n) is 1.55. The molecule has 1 N–H and O–H groups in total. The SMILES string of the molecule is [C]1=CC=N[N]N1. The third-order valence-corrected chi connectivity index (χ3v) is 0.397. The van der Waals surface area contributed by atoms with Crippen LogP contribution in [0.4, 0.5) is 0 Å². The molecular formula is C3H3N3. The van der Waals surface area contributed by atoms with Crippen LogP contribution in [0.25, 0.3) is 0 Å². The van der Waals surface area contributed by atoms with E-state index in [9.17, 15) is 0 Å². The molecule has 0 saturated carbocycles. The number of nitrogens with zero attached hydrogens (tertiary/aromatic N) is 2. The average Bonchev–Trinajstić information content (AvgIpc) is 1.72. The molecule has 2 radical (unpaired) electrons. The zero-order valence-corrected chi connectivity index (χ0v) is 3.05. The van der Waals surface area contributed by atoms with Crippen LogP contribution in [-0.4, -0.2) is 6.21 Å². The van der Waals surface area contributed by atoms with Crippen LogP contribution in [0, 0.1) is 6.20 Å². The molecule has 0 spiro atoms. The highest BCUT2D eigenvalue weighted by molar-refractivity contribution is 5.70. The third kappa shape index (κ3) is 0.484. The molecule has 6 heavy (non-hydrogen) atoms. The number of hydrogen-bond donors (Lipinski definition) is 1. The molecule has 0 amide bonds. The second-order valence-electron chi connectivity index (χ2n) is 0.787. The predicted molar refractivity (Wildman–Crippen MR) is 21.6 cm³/mol. The lowest BCUT2D eigenvalue weighted by Crippen LogP contribution is -2.15. The molecule has 0 unspecified atom stereocenters. The van der Waals surface area contributed by atoms with Crippen molar-refractivity contribution in [2.75, 3.05) is 0 Å². The van der Waals surface area contributed by atoms with Crippen molar-refractivity contribution in [1.29, 1.82) is 0 Å². The van der Waals surface area contributed by atoms with Gasteiger partial charge in [0.15, 0.2) is 0 Å². The molecular weight excluding hydrogens is 78.1 g/mol. The Morgan fingerprint density at radius 3 is 2.83 bits per heavy atom. The minimum Gasteiger partial charge on any atom is -0.258 e. The number of hydrogen-bond acceptors (Lipinski definition) is 2. The molecule has 0 aromatic heterocycles. The summed E-state index contributed by atoms with van der Waals surface area (Å²) >= 11 is 0. The maximum absolute atomic E-state index is 3.45. The van der Waals surface area contributed by atoms with Gasteiger partial charge in [0, 0.05) is 0 Å². The van der Waals surface area contributed by atoms with Crippen LogP contribution in [0.15, 0.2) is 11.2 Å². The van der Waals surface area contributed by atoms with Gasteiger partial charge in [-0.1, -0.05) is 5.53 Å². The van der Waals surface area contributed by atoms with Crippen LogP contribution in [-0.2, 0) is 0 Å². The van der Waals surface area contributed by atoms with Gasteiger partial charge in [-0.3, -0.25) is 5.43 Å². The molecule has 1 aliphatic heterocycles. The Hall–Kier alpha value is -0.990. The Labute approximate surface area is 35.7 Å². The highest BCUT2D eigenvalue weighted by Crippen LogP contribution is 1.66. The Morgan fingerprint density at radius 2 is 2.67 bits per heavy atom. The van der Waals surface area contributed by atoms with Gasteiger partial charge in [-0.15, -0.1) is 5.10 Å². The molecule has 0 aromatic carbocycles. The van der Waals surface area contributed by atoms with Crippen LogP contribution in [0.3, 0.4) is 0 Å². The highest BCUT2D eigenvalue weighted by Gasteiger charge is 1.76. The molecule has 0 aliphatic carbocycles. The third-order valence-electron chi connectivity index (χ3n) is 0.397. The highest BCUT2D eigenvalue weighted by atomic mass is 15.5. The Morgan fingerprint density at radius 1 is 1.67 bits per heavy atom. The van der Waals surface area contributed by atoms with Gasteiger partial charge in [-0.2, -0.15) is 0 Å². The summed E-state index contributed by atoms with van der Waals surface area (Å²) in [5.41, 5.74) is 5.76. The fraction of sp³-hybridized carbons (Fsp3) is 0. The maximum atomic E-state index is 3.45. The first kappa shape index (κ1) is 3.21. The summed E-state index contributed by atoms with van der Waals surface area (Å²) in [6.07, 6.45) is 5.79. The van der Waals surface area contributed by atoms with Crippen LogP contribution >= 0.6 is 0 Å². The summed E-state index contributed by atoms with van der Waals surface area (Å²) in [6.45, 7) is 0.